The highest BCUT2D eigenvalue weighted by atomic mass is 19.1. The van der Waals surface area contributed by atoms with E-state index in [0.29, 0.717) is 31.5 Å². The zero-order valence-electron chi connectivity index (χ0n) is 18.4. The number of likely N-dealkylation sites (tertiary alicyclic amines) is 1. The van der Waals surface area contributed by atoms with Crippen LogP contribution in [0.5, 0.6) is 0 Å². The summed E-state index contributed by atoms with van der Waals surface area (Å²) in [6.45, 7) is 1.04. The fourth-order valence-corrected chi connectivity index (χ4v) is 5.34. The SMILES string of the molecule is CN(C)C(=O)[C@]1(Cc2ccccc2-c2ccccc2F)CCN(C(=O)C2CCCC2)C1. The van der Waals surface area contributed by atoms with Crippen molar-refractivity contribution in [2.45, 2.75) is 38.5 Å². The van der Waals surface area contributed by atoms with Gasteiger partial charge in [0, 0.05) is 38.7 Å². The normalized spacial score (nSPS) is 21.5. The minimum Gasteiger partial charge on any atom is -0.348 e. The maximum absolute atomic E-state index is 14.6. The monoisotopic (exact) mass is 422 g/mol. The van der Waals surface area contributed by atoms with Gasteiger partial charge < -0.3 is 9.80 Å². The van der Waals surface area contributed by atoms with E-state index < -0.39 is 5.41 Å². The van der Waals surface area contributed by atoms with Crippen molar-refractivity contribution < 1.29 is 14.0 Å². The third-order valence-corrected chi connectivity index (χ3v) is 6.94. The number of carbonyl (C=O) groups is 2. The van der Waals surface area contributed by atoms with Gasteiger partial charge >= 0.3 is 0 Å². The summed E-state index contributed by atoms with van der Waals surface area (Å²) in [6, 6.07) is 14.5. The second kappa shape index (κ2) is 8.81. The molecule has 2 aliphatic rings. The molecule has 2 aromatic carbocycles. The summed E-state index contributed by atoms with van der Waals surface area (Å²) in [5.41, 5.74) is 1.62. The van der Waals surface area contributed by atoms with Crippen LogP contribution >= 0.6 is 0 Å². The van der Waals surface area contributed by atoms with Crippen molar-refractivity contribution in [1.82, 2.24) is 9.80 Å². The van der Waals surface area contributed by atoms with Gasteiger partial charge in [-0.25, -0.2) is 4.39 Å². The molecule has 2 amide bonds. The smallest absolute Gasteiger partial charge is 0.230 e. The maximum Gasteiger partial charge on any atom is 0.230 e. The third-order valence-electron chi connectivity index (χ3n) is 6.94. The lowest BCUT2D eigenvalue weighted by Gasteiger charge is -2.32. The molecule has 0 N–H and O–H groups in total. The minimum atomic E-state index is -0.681. The zero-order valence-corrected chi connectivity index (χ0v) is 18.4. The predicted molar refractivity (Wildman–Crippen MR) is 120 cm³/mol. The van der Waals surface area contributed by atoms with Crippen molar-refractivity contribution in [3.63, 3.8) is 0 Å². The zero-order chi connectivity index (χ0) is 22.0. The van der Waals surface area contributed by atoms with Gasteiger partial charge in [-0.05, 0) is 42.9 Å². The molecule has 164 valence electrons. The molecule has 2 fully saturated rings. The molecule has 1 aliphatic carbocycles. The van der Waals surface area contributed by atoms with Gasteiger partial charge in [0.1, 0.15) is 5.82 Å². The Kier molecular flexibility index (Phi) is 6.12. The summed E-state index contributed by atoms with van der Waals surface area (Å²) in [4.78, 5) is 30.0. The Morgan fingerprint density at radius 2 is 1.68 bits per heavy atom. The number of hydrogen-bond donors (Lipinski definition) is 0. The van der Waals surface area contributed by atoms with Crippen LogP contribution in [0.1, 0.15) is 37.7 Å². The van der Waals surface area contributed by atoms with E-state index in [9.17, 15) is 14.0 Å². The van der Waals surface area contributed by atoms with Crippen LogP contribution in [0, 0.1) is 17.2 Å². The van der Waals surface area contributed by atoms with E-state index in [0.717, 1.165) is 36.8 Å². The van der Waals surface area contributed by atoms with Crippen molar-refractivity contribution in [3.05, 3.63) is 59.9 Å². The number of rotatable bonds is 5. The molecule has 0 unspecified atom stereocenters. The molecule has 1 aliphatic heterocycles. The molecule has 1 saturated heterocycles. The first-order chi connectivity index (χ1) is 14.9. The maximum atomic E-state index is 14.6. The van der Waals surface area contributed by atoms with Crippen LogP contribution < -0.4 is 0 Å². The third kappa shape index (κ3) is 4.23. The van der Waals surface area contributed by atoms with Gasteiger partial charge in [-0.3, -0.25) is 9.59 Å². The number of hydrogen-bond acceptors (Lipinski definition) is 2. The minimum absolute atomic E-state index is 0.0394. The van der Waals surface area contributed by atoms with Crippen LogP contribution in [0.4, 0.5) is 4.39 Å². The first kappa shape index (κ1) is 21.5. The molecule has 1 heterocycles. The second-order valence-electron chi connectivity index (χ2n) is 9.28. The van der Waals surface area contributed by atoms with Crippen molar-refractivity contribution in [3.8, 4) is 11.1 Å². The van der Waals surface area contributed by atoms with Crippen molar-refractivity contribution in [1.29, 1.82) is 0 Å². The predicted octanol–water partition coefficient (Wildman–Crippen LogP) is 4.53. The Balaban J connectivity index is 1.66. The molecular formula is C26H31FN2O2. The van der Waals surface area contributed by atoms with E-state index in [1.54, 1.807) is 31.1 Å². The van der Waals surface area contributed by atoms with Gasteiger partial charge in [-0.15, -0.1) is 0 Å². The lowest BCUT2D eigenvalue weighted by molar-refractivity contribution is -0.140. The number of amides is 2. The molecule has 2 aromatic rings. The molecule has 31 heavy (non-hydrogen) atoms. The number of carbonyl (C=O) groups excluding carboxylic acids is 2. The Bertz CT molecular complexity index is 967. The van der Waals surface area contributed by atoms with E-state index in [-0.39, 0.29) is 23.5 Å². The molecule has 4 nitrogen and oxygen atoms in total. The lowest BCUT2D eigenvalue weighted by Crippen LogP contribution is -2.45. The highest BCUT2D eigenvalue weighted by Gasteiger charge is 2.48. The Morgan fingerprint density at radius 1 is 1.03 bits per heavy atom. The number of halogens is 1. The van der Waals surface area contributed by atoms with Crippen LogP contribution in [-0.2, 0) is 16.0 Å². The summed E-state index contributed by atoms with van der Waals surface area (Å²) in [6.07, 6.45) is 5.27. The quantitative estimate of drug-likeness (QED) is 0.710. The van der Waals surface area contributed by atoms with Crippen molar-refractivity contribution >= 4 is 11.8 Å². The summed E-state index contributed by atoms with van der Waals surface area (Å²) >= 11 is 0. The average Bonchev–Trinajstić information content (AvgIpc) is 3.45. The summed E-state index contributed by atoms with van der Waals surface area (Å²) in [5, 5.41) is 0. The lowest BCUT2D eigenvalue weighted by atomic mass is 9.77. The highest BCUT2D eigenvalue weighted by molar-refractivity contribution is 5.86. The summed E-state index contributed by atoms with van der Waals surface area (Å²) in [7, 11) is 3.54. The fraction of sp³-hybridized carbons (Fsp3) is 0.462. The van der Waals surface area contributed by atoms with Crippen molar-refractivity contribution in [2.75, 3.05) is 27.2 Å². The van der Waals surface area contributed by atoms with E-state index in [1.165, 1.54) is 6.07 Å². The van der Waals surface area contributed by atoms with Gasteiger partial charge in [-0.2, -0.15) is 0 Å². The molecule has 0 spiro atoms. The van der Waals surface area contributed by atoms with Gasteiger partial charge in [0.25, 0.3) is 0 Å². The Labute approximate surface area is 184 Å². The van der Waals surface area contributed by atoms with E-state index in [2.05, 4.69) is 0 Å². The van der Waals surface area contributed by atoms with Gasteiger partial charge in [0.05, 0.1) is 5.41 Å². The molecule has 5 heteroatoms. The molecule has 4 rings (SSSR count). The molecular weight excluding hydrogens is 391 g/mol. The van der Waals surface area contributed by atoms with Gasteiger partial charge in [0.15, 0.2) is 0 Å². The molecule has 0 bridgehead atoms. The van der Waals surface area contributed by atoms with Crippen LogP contribution in [0.2, 0.25) is 0 Å². The van der Waals surface area contributed by atoms with E-state index in [4.69, 9.17) is 0 Å². The highest BCUT2D eigenvalue weighted by Crippen LogP contribution is 2.40. The summed E-state index contributed by atoms with van der Waals surface area (Å²) in [5.74, 6) is 0.0780. The average molecular weight is 423 g/mol. The van der Waals surface area contributed by atoms with E-state index in [1.807, 2.05) is 35.2 Å². The molecule has 1 saturated carbocycles. The molecule has 1 atom stereocenters. The van der Waals surface area contributed by atoms with Crippen LogP contribution in [-0.4, -0.2) is 48.8 Å². The largest absolute Gasteiger partial charge is 0.348 e. The molecule has 0 radical (unpaired) electrons. The molecule has 0 aromatic heterocycles. The number of nitrogens with zero attached hydrogens (tertiary/aromatic N) is 2. The van der Waals surface area contributed by atoms with Gasteiger partial charge in [-0.1, -0.05) is 55.3 Å². The van der Waals surface area contributed by atoms with Crippen molar-refractivity contribution in [2.24, 2.45) is 11.3 Å². The van der Waals surface area contributed by atoms with E-state index >= 15 is 0 Å². The first-order valence-corrected chi connectivity index (χ1v) is 11.2. The number of benzene rings is 2. The van der Waals surface area contributed by atoms with Crippen LogP contribution in [0.3, 0.4) is 0 Å². The Morgan fingerprint density at radius 3 is 2.35 bits per heavy atom. The van der Waals surface area contributed by atoms with Crippen LogP contribution in [0.25, 0.3) is 11.1 Å². The standard InChI is InChI=1S/C26H31FN2O2/c1-28(2)25(31)26(15-16-29(18-26)24(30)19-9-3-4-10-19)17-20-11-5-6-12-21(20)22-13-7-8-14-23(22)27/h5-8,11-14,19H,3-4,9-10,15-18H2,1-2H3/t26-/m0/s1. The second-order valence-corrected chi connectivity index (χ2v) is 9.28. The van der Waals surface area contributed by atoms with Crippen LogP contribution in [0.15, 0.2) is 48.5 Å². The summed E-state index contributed by atoms with van der Waals surface area (Å²) < 4.78 is 14.6. The Hall–Kier alpha value is -2.69. The first-order valence-electron chi connectivity index (χ1n) is 11.2. The van der Waals surface area contributed by atoms with Gasteiger partial charge in [0.2, 0.25) is 11.8 Å². The fourth-order valence-electron chi connectivity index (χ4n) is 5.34. The topological polar surface area (TPSA) is 40.6 Å².